The first-order valence-corrected chi connectivity index (χ1v) is 15.4. The van der Waals surface area contributed by atoms with E-state index in [2.05, 4.69) is 10.2 Å². The first-order chi connectivity index (χ1) is 20.3. The zero-order chi connectivity index (χ0) is 29.7. The third-order valence-corrected chi connectivity index (χ3v) is 9.25. The number of aliphatic hydroxyl groups excluding tert-OH is 2. The van der Waals surface area contributed by atoms with E-state index < -0.39 is 24.3 Å². The molecule has 3 aliphatic rings. The zero-order valence-corrected chi connectivity index (χ0v) is 24.5. The molecule has 1 aliphatic carbocycles. The first-order valence-electron chi connectivity index (χ1n) is 15.4. The lowest BCUT2D eigenvalue weighted by Crippen LogP contribution is -2.75. The van der Waals surface area contributed by atoms with Gasteiger partial charge in [0.15, 0.2) is 5.78 Å². The molecule has 2 saturated heterocycles. The number of nitrogens with zero attached hydrogens (tertiary/aromatic N) is 2. The number of likely N-dealkylation sites (tertiary alicyclic amines) is 1. The van der Waals surface area contributed by atoms with E-state index in [1.807, 2.05) is 31.2 Å². The van der Waals surface area contributed by atoms with Crippen LogP contribution in [0.5, 0.6) is 11.5 Å². The van der Waals surface area contributed by atoms with E-state index in [1.54, 1.807) is 29.2 Å². The normalized spacial score (nSPS) is 22.2. The molecule has 0 radical (unpaired) electrons. The smallest absolute Gasteiger partial charge is 0.248 e. The molecule has 9 nitrogen and oxygen atoms in total. The van der Waals surface area contributed by atoms with E-state index in [0.29, 0.717) is 49.5 Å². The van der Waals surface area contributed by atoms with Gasteiger partial charge in [0.1, 0.15) is 29.7 Å². The number of hydrogen-bond acceptors (Lipinski definition) is 7. The maximum Gasteiger partial charge on any atom is 0.248 e. The summed E-state index contributed by atoms with van der Waals surface area (Å²) in [5.41, 5.74) is 0.696. The maximum atomic E-state index is 13.7. The number of carbonyl (C=O) groups excluding carboxylic acids is 3. The molecule has 5 rings (SSSR count). The van der Waals surface area contributed by atoms with Crippen LogP contribution in [0.2, 0.25) is 0 Å². The van der Waals surface area contributed by atoms with Crippen LogP contribution < -0.4 is 10.1 Å². The summed E-state index contributed by atoms with van der Waals surface area (Å²) in [5.74, 6) is 0.755. The van der Waals surface area contributed by atoms with Crippen molar-refractivity contribution < 1.29 is 29.3 Å². The van der Waals surface area contributed by atoms with Crippen molar-refractivity contribution in [1.82, 2.24) is 15.1 Å². The summed E-state index contributed by atoms with van der Waals surface area (Å²) in [6.45, 7) is 4.12. The monoisotopic (exact) mass is 577 g/mol. The fourth-order valence-electron chi connectivity index (χ4n) is 6.80. The van der Waals surface area contributed by atoms with Crippen molar-refractivity contribution in [3.63, 3.8) is 0 Å². The van der Waals surface area contributed by atoms with Gasteiger partial charge in [0, 0.05) is 31.7 Å². The van der Waals surface area contributed by atoms with Crippen molar-refractivity contribution in [3.05, 3.63) is 59.7 Å². The first kappa shape index (κ1) is 30.2. The minimum Gasteiger partial charge on any atom is -0.457 e. The van der Waals surface area contributed by atoms with Gasteiger partial charge in [-0.15, -0.1) is 0 Å². The Morgan fingerprint density at radius 2 is 1.62 bits per heavy atom. The molecule has 2 aromatic carbocycles. The van der Waals surface area contributed by atoms with Crippen LogP contribution in [0.25, 0.3) is 0 Å². The number of ether oxygens (including phenoxy) is 1. The number of piperidine rings is 1. The van der Waals surface area contributed by atoms with Crippen molar-refractivity contribution in [2.24, 2.45) is 5.92 Å². The largest absolute Gasteiger partial charge is 0.457 e. The summed E-state index contributed by atoms with van der Waals surface area (Å²) in [4.78, 5) is 43.1. The average molecular weight is 578 g/mol. The fraction of sp³-hybridized carbons (Fsp3) is 0.545. The molecule has 2 heterocycles. The van der Waals surface area contributed by atoms with Crippen LogP contribution >= 0.6 is 0 Å². The van der Waals surface area contributed by atoms with Crippen LogP contribution in [0, 0.1) is 5.92 Å². The standard InChI is InChI=1S/C33H43N3O6/c1-2-18-36-31(40)29(30(39)25-6-4-3-5-7-25)34-32(41)33(36)16-19-35(20-17-33)21-23-8-12-26(13-9-23)42-27-14-10-24(11-15-27)28(38)22-37/h8-15,25,29-30,37,39H,2-7,16-22H2,1H3,(H,34,41)/t29-,30-/m1/s1. The number of nitrogens with one attached hydrogen (secondary N) is 1. The number of Topliss-reactive ketones (excluding diaryl/α,β-unsaturated/α-hetero) is 1. The van der Waals surface area contributed by atoms with Crippen molar-refractivity contribution in [3.8, 4) is 11.5 Å². The van der Waals surface area contributed by atoms with Gasteiger partial charge in [0.05, 0.1) is 6.10 Å². The summed E-state index contributed by atoms with van der Waals surface area (Å²) in [6, 6.07) is 13.7. The van der Waals surface area contributed by atoms with E-state index in [-0.39, 0.29) is 23.5 Å². The summed E-state index contributed by atoms with van der Waals surface area (Å²) in [7, 11) is 0. The van der Waals surface area contributed by atoms with Crippen molar-refractivity contribution in [2.45, 2.75) is 82.5 Å². The van der Waals surface area contributed by atoms with Crippen molar-refractivity contribution in [2.75, 3.05) is 26.2 Å². The third kappa shape index (κ3) is 6.38. The second kappa shape index (κ2) is 13.4. The summed E-state index contributed by atoms with van der Waals surface area (Å²) >= 11 is 0. The van der Waals surface area contributed by atoms with Gasteiger partial charge in [-0.2, -0.15) is 0 Å². The molecule has 3 N–H and O–H groups in total. The molecular weight excluding hydrogens is 534 g/mol. The highest BCUT2D eigenvalue weighted by molar-refractivity contribution is 6.00. The average Bonchev–Trinajstić information content (AvgIpc) is 3.03. The molecule has 2 amide bonds. The van der Waals surface area contributed by atoms with Crippen molar-refractivity contribution >= 4 is 17.6 Å². The molecule has 42 heavy (non-hydrogen) atoms. The van der Waals surface area contributed by atoms with Crippen LogP contribution in [0.3, 0.4) is 0 Å². The molecule has 1 saturated carbocycles. The zero-order valence-electron chi connectivity index (χ0n) is 24.5. The maximum absolute atomic E-state index is 13.7. The van der Waals surface area contributed by atoms with Gasteiger partial charge in [-0.1, -0.05) is 38.3 Å². The molecule has 0 aromatic heterocycles. The van der Waals surface area contributed by atoms with Crippen LogP contribution in [0.4, 0.5) is 0 Å². The Bertz CT molecular complexity index is 1230. The number of rotatable bonds is 10. The predicted octanol–water partition coefficient (Wildman–Crippen LogP) is 3.67. The van der Waals surface area contributed by atoms with Gasteiger partial charge in [0.2, 0.25) is 11.8 Å². The highest BCUT2D eigenvalue weighted by Gasteiger charge is 2.55. The van der Waals surface area contributed by atoms with Gasteiger partial charge >= 0.3 is 0 Å². The minimum absolute atomic E-state index is 0.0623. The van der Waals surface area contributed by atoms with E-state index >= 15 is 0 Å². The fourth-order valence-corrected chi connectivity index (χ4v) is 6.80. The Hall–Kier alpha value is -3.27. The topological polar surface area (TPSA) is 119 Å². The predicted molar refractivity (Wildman–Crippen MR) is 158 cm³/mol. The lowest BCUT2D eigenvalue weighted by molar-refractivity contribution is -0.165. The number of ketones is 1. The number of amides is 2. The molecule has 1 spiro atoms. The summed E-state index contributed by atoms with van der Waals surface area (Å²) < 4.78 is 5.90. The molecule has 0 bridgehead atoms. The molecule has 2 aliphatic heterocycles. The molecule has 0 unspecified atom stereocenters. The molecule has 3 fully saturated rings. The van der Waals surface area contributed by atoms with E-state index in [0.717, 1.165) is 44.2 Å². The van der Waals surface area contributed by atoms with Gasteiger partial charge < -0.3 is 25.2 Å². The minimum atomic E-state index is -0.860. The Kier molecular flexibility index (Phi) is 9.60. The van der Waals surface area contributed by atoms with E-state index in [9.17, 15) is 19.5 Å². The number of hydrogen-bond donors (Lipinski definition) is 3. The van der Waals surface area contributed by atoms with Gasteiger partial charge in [-0.25, -0.2) is 0 Å². The van der Waals surface area contributed by atoms with Crippen molar-refractivity contribution in [1.29, 1.82) is 0 Å². The quantitative estimate of drug-likeness (QED) is 0.369. The number of carbonyl (C=O) groups is 3. The number of piperazine rings is 1. The molecular formula is C33H43N3O6. The van der Waals surface area contributed by atoms with Gasteiger partial charge in [-0.3, -0.25) is 19.3 Å². The molecule has 226 valence electrons. The van der Waals surface area contributed by atoms with Crippen LogP contribution in [-0.4, -0.2) is 81.5 Å². The SMILES string of the molecule is CCCN1C(=O)[C@@H]([C@H](O)C2CCCCC2)NC(=O)C12CCN(Cc1ccc(Oc3ccc(C(=O)CO)cc3)cc1)CC2. The van der Waals surface area contributed by atoms with Crippen LogP contribution in [-0.2, 0) is 16.1 Å². The molecule has 2 aromatic rings. The van der Waals surface area contributed by atoms with E-state index in [1.165, 1.54) is 6.42 Å². The Balaban J connectivity index is 1.18. The Morgan fingerprint density at radius 1 is 1.00 bits per heavy atom. The summed E-state index contributed by atoms with van der Waals surface area (Å²) in [5, 5.41) is 23.1. The lowest BCUT2D eigenvalue weighted by Gasteiger charge is -2.52. The van der Waals surface area contributed by atoms with Gasteiger partial charge in [0.25, 0.3) is 0 Å². The van der Waals surface area contributed by atoms with E-state index in [4.69, 9.17) is 9.84 Å². The Labute approximate surface area is 247 Å². The highest BCUT2D eigenvalue weighted by atomic mass is 16.5. The Morgan fingerprint density at radius 3 is 2.21 bits per heavy atom. The van der Waals surface area contributed by atoms with Crippen LogP contribution in [0.1, 0.15) is 74.2 Å². The third-order valence-electron chi connectivity index (χ3n) is 9.25. The van der Waals surface area contributed by atoms with Gasteiger partial charge in [-0.05, 0) is 80.0 Å². The molecule has 2 atom stereocenters. The number of aliphatic hydroxyl groups is 2. The molecule has 9 heteroatoms. The second-order valence-electron chi connectivity index (χ2n) is 12.0. The summed E-state index contributed by atoms with van der Waals surface area (Å²) in [6.07, 6.45) is 6.15. The number of benzene rings is 2. The van der Waals surface area contributed by atoms with Crippen LogP contribution in [0.15, 0.2) is 48.5 Å². The second-order valence-corrected chi connectivity index (χ2v) is 12.0. The lowest BCUT2D eigenvalue weighted by atomic mass is 9.78. The highest BCUT2D eigenvalue weighted by Crippen LogP contribution is 2.36.